The van der Waals surface area contributed by atoms with Crippen LogP contribution in [0.15, 0.2) is 28.7 Å². The second-order valence-corrected chi connectivity index (χ2v) is 5.98. The molecule has 1 aromatic rings. The lowest BCUT2D eigenvalue weighted by atomic mass is 10.0. The molecule has 3 nitrogen and oxygen atoms in total. The highest BCUT2D eigenvalue weighted by Gasteiger charge is 2.18. The number of halogens is 1. The third-order valence-corrected chi connectivity index (χ3v) is 3.43. The van der Waals surface area contributed by atoms with Crippen molar-refractivity contribution in [2.45, 2.75) is 52.2 Å². The van der Waals surface area contributed by atoms with Crippen molar-refractivity contribution < 1.29 is 4.79 Å². The summed E-state index contributed by atoms with van der Waals surface area (Å²) in [4.78, 5) is 11.9. The first-order valence-electron chi connectivity index (χ1n) is 6.76. The predicted molar refractivity (Wildman–Crippen MR) is 83.1 cm³/mol. The van der Waals surface area contributed by atoms with Crippen LogP contribution in [0.1, 0.15) is 45.7 Å². The molecule has 1 rings (SSSR count). The number of amides is 1. The molecule has 2 N–H and O–H groups in total. The summed E-state index contributed by atoms with van der Waals surface area (Å²) in [5.41, 5.74) is 1.20. The molecule has 0 bridgehead atoms. The number of nitrogens with one attached hydrogen (secondary N) is 2. The Kier molecular flexibility index (Phi) is 6.52. The van der Waals surface area contributed by atoms with Crippen molar-refractivity contribution in [2.75, 3.05) is 0 Å². The fraction of sp³-hybridized carbons (Fsp3) is 0.533. The fourth-order valence-electron chi connectivity index (χ4n) is 1.96. The Bertz CT molecular complexity index is 420. The van der Waals surface area contributed by atoms with E-state index in [0.29, 0.717) is 0 Å². The van der Waals surface area contributed by atoms with Gasteiger partial charge in [0.2, 0.25) is 5.91 Å². The van der Waals surface area contributed by atoms with Crippen molar-refractivity contribution in [3.63, 3.8) is 0 Å². The number of rotatable bonds is 6. The first-order valence-corrected chi connectivity index (χ1v) is 7.55. The highest BCUT2D eigenvalue weighted by molar-refractivity contribution is 9.10. The molecule has 2 atom stereocenters. The zero-order valence-corrected chi connectivity index (χ0v) is 13.6. The lowest BCUT2D eigenvalue weighted by Gasteiger charge is -2.23. The molecule has 1 aromatic carbocycles. The van der Waals surface area contributed by atoms with Gasteiger partial charge in [-0.05, 0) is 44.9 Å². The average Bonchev–Trinajstić information content (AvgIpc) is 2.34. The van der Waals surface area contributed by atoms with Crippen molar-refractivity contribution in [1.82, 2.24) is 10.6 Å². The SMILES string of the molecule is CCC(NC(C)C(=O)NC(C)C)c1cccc(Br)c1. The van der Waals surface area contributed by atoms with E-state index in [1.165, 1.54) is 5.56 Å². The summed E-state index contributed by atoms with van der Waals surface area (Å²) in [6.45, 7) is 7.95. The van der Waals surface area contributed by atoms with Crippen molar-refractivity contribution in [3.05, 3.63) is 34.3 Å². The average molecular weight is 327 g/mol. The van der Waals surface area contributed by atoms with Gasteiger partial charge in [-0.3, -0.25) is 10.1 Å². The maximum Gasteiger partial charge on any atom is 0.237 e. The smallest absolute Gasteiger partial charge is 0.237 e. The number of carbonyl (C=O) groups excluding carboxylic acids is 1. The maximum absolute atomic E-state index is 11.9. The van der Waals surface area contributed by atoms with E-state index in [4.69, 9.17) is 0 Å². The van der Waals surface area contributed by atoms with Crippen LogP contribution in [0.3, 0.4) is 0 Å². The largest absolute Gasteiger partial charge is 0.353 e. The summed E-state index contributed by atoms with van der Waals surface area (Å²) >= 11 is 3.48. The Hall–Kier alpha value is -0.870. The molecule has 0 saturated heterocycles. The van der Waals surface area contributed by atoms with Gasteiger partial charge in [0, 0.05) is 16.6 Å². The lowest BCUT2D eigenvalue weighted by Crippen LogP contribution is -2.45. The minimum atomic E-state index is -0.202. The Morgan fingerprint density at radius 2 is 2.00 bits per heavy atom. The van der Waals surface area contributed by atoms with Crippen LogP contribution in [-0.4, -0.2) is 18.0 Å². The molecule has 0 saturated carbocycles. The van der Waals surface area contributed by atoms with Crippen molar-refractivity contribution in [3.8, 4) is 0 Å². The van der Waals surface area contributed by atoms with Crippen LogP contribution in [0.5, 0.6) is 0 Å². The summed E-state index contributed by atoms with van der Waals surface area (Å²) in [5, 5.41) is 6.31. The van der Waals surface area contributed by atoms with Gasteiger partial charge in [-0.1, -0.05) is 35.0 Å². The van der Waals surface area contributed by atoms with Crippen LogP contribution in [-0.2, 0) is 4.79 Å². The number of hydrogen-bond donors (Lipinski definition) is 2. The molecule has 0 aromatic heterocycles. The van der Waals surface area contributed by atoms with Crippen molar-refractivity contribution in [1.29, 1.82) is 0 Å². The van der Waals surface area contributed by atoms with Gasteiger partial charge in [-0.15, -0.1) is 0 Å². The molecule has 0 radical (unpaired) electrons. The molecule has 0 heterocycles. The Morgan fingerprint density at radius 3 is 2.53 bits per heavy atom. The first-order chi connectivity index (χ1) is 8.93. The van der Waals surface area contributed by atoms with E-state index in [1.807, 2.05) is 32.9 Å². The van der Waals surface area contributed by atoms with E-state index in [9.17, 15) is 4.79 Å². The van der Waals surface area contributed by atoms with Gasteiger partial charge in [-0.2, -0.15) is 0 Å². The second-order valence-electron chi connectivity index (χ2n) is 5.07. The van der Waals surface area contributed by atoms with E-state index in [-0.39, 0.29) is 24.0 Å². The van der Waals surface area contributed by atoms with Crippen LogP contribution in [0.2, 0.25) is 0 Å². The molecule has 0 aliphatic rings. The van der Waals surface area contributed by atoms with E-state index < -0.39 is 0 Å². The second kappa shape index (κ2) is 7.65. The summed E-state index contributed by atoms with van der Waals surface area (Å²) < 4.78 is 1.06. The van der Waals surface area contributed by atoms with Crippen LogP contribution >= 0.6 is 15.9 Å². The molecule has 0 fully saturated rings. The topological polar surface area (TPSA) is 41.1 Å². The van der Waals surface area contributed by atoms with Gasteiger partial charge in [-0.25, -0.2) is 0 Å². The minimum Gasteiger partial charge on any atom is -0.353 e. The number of carbonyl (C=O) groups is 1. The molecule has 0 aliphatic heterocycles. The highest BCUT2D eigenvalue weighted by atomic mass is 79.9. The number of benzene rings is 1. The van der Waals surface area contributed by atoms with Crippen LogP contribution < -0.4 is 10.6 Å². The van der Waals surface area contributed by atoms with Crippen LogP contribution in [0, 0.1) is 0 Å². The third-order valence-electron chi connectivity index (χ3n) is 2.93. The zero-order chi connectivity index (χ0) is 14.4. The van der Waals surface area contributed by atoms with Gasteiger partial charge in [0.05, 0.1) is 6.04 Å². The summed E-state index contributed by atoms with van der Waals surface area (Å²) in [5.74, 6) is 0.0449. The lowest BCUT2D eigenvalue weighted by molar-refractivity contribution is -0.123. The fourth-order valence-corrected chi connectivity index (χ4v) is 2.38. The van der Waals surface area contributed by atoms with Crippen LogP contribution in [0.25, 0.3) is 0 Å². The molecule has 4 heteroatoms. The van der Waals surface area contributed by atoms with Crippen molar-refractivity contribution in [2.24, 2.45) is 0 Å². The van der Waals surface area contributed by atoms with E-state index in [0.717, 1.165) is 10.9 Å². The molecule has 2 unspecified atom stereocenters. The van der Waals surface area contributed by atoms with E-state index in [1.54, 1.807) is 0 Å². The molecule has 0 spiro atoms. The van der Waals surface area contributed by atoms with Gasteiger partial charge in [0.1, 0.15) is 0 Å². The zero-order valence-electron chi connectivity index (χ0n) is 12.0. The Labute approximate surface area is 124 Å². The first kappa shape index (κ1) is 16.2. The molecule has 106 valence electrons. The van der Waals surface area contributed by atoms with Gasteiger partial charge >= 0.3 is 0 Å². The molecule has 1 amide bonds. The summed E-state index contributed by atoms with van der Waals surface area (Å²) in [6, 6.07) is 8.35. The molecular formula is C15H23BrN2O. The molecule has 0 aliphatic carbocycles. The normalized spacial score (nSPS) is 14.2. The van der Waals surface area contributed by atoms with Gasteiger partial charge < -0.3 is 5.32 Å². The monoisotopic (exact) mass is 326 g/mol. The maximum atomic E-state index is 11.9. The van der Waals surface area contributed by atoms with Crippen molar-refractivity contribution >= 4 is 21.8 Å². The van der Waals surface area contributed by atoms with Gasteiger partial charge in [0.15, 0.2) is 0 Å². The number of hydrogen-bond acceptors (Lipinski definition) is 2. The predicted octanol–water partition coefficient (Wildman–Crippen LogP) is 3.40. The van der Waals surface area contributed by atoms with Crippen LogP contribution in [0.4, 0.5) is 0 Å². The van der Waals surface area contributed by atoms with E-state index in [2.05, 4.69) is 45.6 Å². The Morgan fingerprint density at radius 1 is 1.32 bits per heavy atom. The van der Waals surface area contributed by atoms with E-state index >= 15 is 0 Å². The minimum absolute atomic E-state index is 0.0449. The Balaban J connectivity index is 2.69. The highest BCUT2D eigenvalue weighted by Crippen LogP contribution is 2.21. The standard InChI is InChI=1S/C15H23BrN2O/c1-5-14(12-7-6-8-13(16)9-12)18-11(4)15(19)17-10(2)3/h6-11,14,18H,5H2,1-4H3,(H,17,19). The molecular weight excluding hydrogens is 304 g/mol. The molecule has 19 heavy (non-hydrogen) atoms. The van der Waals surface area contributed by atoms with Gasteiger partial charge in [0.25, 0.3) is 0 Å². The quantitative estimate of drug-likeness (QED) is 0.841. The summed E-state index contributed by atoms with van der Waals surface area (Å²) in [6.07, 6.45) is 0.940. The third kappa shape index (κ3) is 5.33. The summed E-state index contributed by atoms with van der Waals surface area (Å²) in [7, 11) is 0.